The number of rotatable bonds is 3. The average molecular weight is 296 g/mol. The van der Waals surface area contributed by atoms with Crippen LogP contribution in [0.5, 0.6) is 11.5 Å². The molecule has 0 bridgehead atoms. The van der Waals surface area contributed by atoms with Gasteiger partial charge in [-0.05, 0) is 42.3 Å². The van der Waals surface area contributed by atoms with Gasteiger partial charge in [-0.25, -0.2) is 0 Å². The van der Waals surface area contributed by atoms with Crippen molar-refractivity contribution in [2.24, 2.45) is 0 Å². The molecule has 2 nitrogen and oxygen atoms in total. The number of ether oxygens (including phenoxy) is 2. The van der Waals surface area contributed by atoms with Crippen LogP contribution in [-0.4, -0.2) is 14.2 Å². The first-order valence-electron chi connectivity index (χ1n) is 6.27. The fourth-order valence-electron chi connectivity index (χ4n) is 2.23. The number of hydrogen-bond acceptors (Lipinski definition) is 2. The first-order valence-corrected chi connectivity index (χ1v) is 6.27. The number of benzene rings is 2. The van der Waals surface area contributed by atoms with Crippen LogP contribution < -0.4 is 9.47 Å². The zero-order chi connectivity index (χ0) is 15.6. The number of aryl methyl sites for hydroxylation is 1. The molecule has 2 aromatic rings. The summed E-state index contributed by atoms with van der Waals surface area (Å²) in [6.45, 7) is 1.63. The summed E-state index contributed by atoms with van der Waals surface area (Å²) < 4.78 is 49.4. The Labute approximate surface area is 121 Å². The number of alkyl halides is 3. The van der Waals surface area contributed by atoms with Crippen molar-refractivity contribution in [3.05, 3.63) is 47.5 Å². The summed E-state index contributed by atoms with van der Waals surface area (Å²) in [4.78, 5) is 0. The largest absolute Gasteiger partial charge is 0.496 e. The minimum absolute atomic E-state index is 0.414. The van der Waals surface area contributed by atoms with Gasteiger partial charge in [-0.15, -0.1) is 0 Å². The maximum atomic E-state index is 13.0. The van der Waals surface area contributed by atoms with E-state index in [1.54, 1.807) is 31.2 Å². The summed E-state index contributed by atoms with van der Waals surface area (Å²) in [6.07, 6.45) is -4.39. The summed E-state index contributed by atoms with van der Waals surface area (Å²) >= 11 is 0. The van der Waals surface area contributed by atoms with Gasteiger partial charge in [0.2, 0.25) is 0 Å². The topological polar surface area (TPSA) is 18.5 Å². The van der Waals surface area contributed by atoms with Crippen molar-refractivity contribution in [1.29, 1.82) is 0 Å². The second kappa shape index (κ2) is 5.68. The van der Waals surface area contributed by atoms with Gasteiger partial charge in [-0.1, -0.05) is 12.1 Å². The lowest BCUT2D eigenvalue weighted by atomic mass is 9.98. The second-order valence-corrected chi connectivity index (χ2v) is 4.62. The molecule has 2 rings (SSSR count). The number of hydrogen-bond donors (Lipinski definition) is 0. The van der Waals surface area contributed by atoms with Crippen molar-refractivity contribution in [3.63, 3.8) is 0 Å². The highest BCUT2D eigenvalue weighted by molar-refractivity contribution is 5.77. The normalized spacial score (nSPS) is 11.3. The molecule has 0 spiro atoms. The van der Waals surface area contributed by atoms with E-state index in [-0.39, 0.29) is 0 Å². The molecule has 0 aliphatic rings. The van der Waals surface area contributed by atoms with Gasteiger partial charge >= 0.3 is 6.18 Å². The molecule has 0 saturated heterocycles. The van der Waals surface area contributed by atoms with Gasteiger partial charge in [0.25, 0.3) is 0 Å². The Balaban J connectivity index is 2.70. The third-order valence-electron chi connectivity index (χ3n) is 3.12. The molecule has 21 heavy (non-hydrogen) atoms. The predicted molar refractivity (Wildman–Crippen MR) is 74.7 cm³/mol. The smallest absolute Gasteiger partial charge is 0.416 e. The van der Waals surface area contributed by atoms with Gasteiger partial charge in [-0.3, -0.25) is 0 Å². The molecule has 0 fully saturated rings. The molecule has 0 saturated carbocycles. The summed E-state index contributed by atoms with van der Waals surface area (Å²) in [6, 6.07) is 9.00. The Hall–Kier alpha value is -2.17. The Morgan fingerprint density at radius 2 is 1.48 bits per heavy atom. The van der Waals surface area contributed by atoms with Gasteiger partial charge in [-0.2, -0.15) is 13.2 Å². The van der Waals surface area contributed by atoms with Crippen molar-refractivity contribution >= 4 is 0 Å². The molecule has 0 heterocycles. The Morgan fingerprint density at radius 3 is 1.95 bits per heavy atom. The van der Waals surface area contributed by atoms with Crippen LogP contribution in [0.4, 0.5) is 13.2 Å². The second-order valence-electron chi connectivity index (χ2n) is 4.62. The van der Waals surface area contributed by atoms with Gasteiger partial charge in [0.1, 0.15) is 11.5 Å². The lowest BCUT2D eigenvalue weighted by molar-refractivity contribution is -0.137. The van der Waals surface area contributed by atoms with E-state index >= 15 is 0 Å². The van der Waals surface area contributed by atoms with Crippen molar-refractivity contribution in [2.45, 2.75) is 13.1 Å². The van der Waals surface area contributed by atoms with Crippen LogP contribution in [0, 0.1) is 6.92 Å². The third-order valence-corrected chi connectivity index (χ3v) is 3.12. The Morgan fingerprint density at radius 1 is 0.905 bits per heavy atom. The molecule has 0 atom stereocenters. The molecular formula is C16H15F3O2. The molecule has 2 aromatic carbocycles. The van der Waals surface area contributed by atoms with E-state index in [0.29, 0.717) is 28.2 Å². The summed E-state index contributed by atoms with van der Waals surface area (Å²) in [5.74, 6) is 0.932. The highest BCUT2D eigenvalue weighted by Crippen LogP contribution is 2.41. The zero-order valence-electron chi connectivity index (χ0n) is 11.9. The maximum Gasteiger partial charge on any atom is 0.416 e. The Bertz CT molecular complexity index is 626. The molecule has 0 aliphatic heterocycles. The lowest BCUT2D eigenvalue weighted by Gasteiger charge is -2.15. The lowest BCUT2D eigenvalue weighted by Crippen LogP contribution is -2.05. The molecule has 0 unspecified atom stereocenters. The van der Waals surface area contributed by atoms with Crippen molar-refractivity contribution < 1.29 is 22.6 Å². The quantitative estimate of drug-likeness (QED) is 0.817. The third kappa shape index (κ3) is 3.12. The zero-order valence-corrected chi connectivity index (χ0v) is 11.9. The molecule has 0 radical (unpaired) electrons. The van der Waals surface area contributed by atoms with Crippen LogP contribution in [0.25, 0.3) is 11.1 Å². The molecule has 0 N–H and O–H groups in total. The average Bonchev–Trinajstić information content (AvgIpc) is 2.44. The van der Waals surface area contributed by atoms with Crippen LogP contribution in [-0.2, 0) is 6.18 Å². The van der Waals surface area contributed by atoms with Gasteiger partial charge in [0.05, 0.1) is 25.3 Å². The minimum Gasteiger partial charge on any atom is -0.496 e. The number of halogens is 3. The van der Waals surface area contributed by atoms with E-state index in [1.807, 2.05) is 0 Å². The van der Waals surface area contributed by atoms with E-state index in [2.05, 4.69) is 0 Å². The van der Waals surface area contributed by atoms with Gasteiger partial charge in [0.15, 0.2) is 0 Å². The first-order chi connectivity index (χ1) is 9.86. The SMILES string of the molecule is COc1cccc(OC)c1-c1cc(C)cc(C(F)(F)F)c1. The van der Waals surface area contributed by atoms with E-state index in [1.165, 1.54) is 14.2 Å². The minimum atomic E-state index is -4.39. The predicted octanol–water partition coefficient (Wildman–Crippen LogP) is 4.70. The molecule has 0 aromatic heterocycles. The van der Waals surface area contributed by atoms with Crippen LogP contribution in [0.1, 0.15) is 11.1 Å². The standard InChI is InChI=1S/C16H15F3O2/c1-10-7-11(9-12(8-10)16(17,18)19)15-13(20-2)5-4-6-14(15)21-3/h4-9H,1-3H3. The van der Waals surface area contributed by atoms with E-state index < -0.39 is 11.7 Å². The van der Waals surface area contributed by atoms with Crippen LogP contribution in [0.15, 0.2) is 36.4 Å². The van der Waals surface area contributed by atoms with E-state index in [9.17, 15) is 13.2 Å². The van der Waals surface area contributed by atoms with Crippen LogP contribution >= 0.6 is 0 Å². The first kappa shape index (κ1) is 15.2. The van der Waals surface area contributed by atoms with Gasteiger partial charge in [0, 0.05) is 0 Å². The van der Waals surface area contributed by atoms with Crippen LogP contribution in [0.2, 0.25) is 0 Å². The molecular weight excluding hydrogens is 281 g/mol. The summed E-state index contributed by atoms with van der Waals surface area (Å²) in [5, 5.41) is 0. The van der Waals surface area contributed by atoms with E-state index in [0.717, 1.165) is 12.1 Å². The van der Waals surface area contributed by atoms with Crippen molar-refractivity contribution in [1.82, 2.24) is 0 Å². The van der Waals surface area contributed by atoms with Gasteiger partial charge < -0.3 is 9.47 Å². The summed E-state index contributed by atoms with van der Waals surface area (Å²) in [7, 11) is 2.94. The monoisotopic (exact) mass is 296 g/mol. The summed E-state index contributed by atoms with van der Waals surface area (Å²) in [5.41, 5.74) is 0.756. The van der Waals surface area contributed by atoms with Crippen molar-refractivity contribution in [3.8, 4) is 22.6 Å². The fourth-order valence-corrected chi connectivity index (χ4v) is 2.23. The van der Waals surface area contributed by atoms with Crippen molar-refractivity contribution in [2.75, 3.05) is 14.2 Å². The molecule has 0 amide bonds. The highest BCUT2D eigenvalue weighted by Gasteiger charge is 2.31. The highest BCUT2D eigenvalue weighted by atomic mass is 19.4. The van der Waals surface area contributed by atoms with Crippen LogP contribution in [0.3, 0.4) is 0 Å². The Kier molecular flexibility index (Phi) is 4.11. The molecule has 112 valence electrons. The fraction of sp³-hybridized carbons (Fsp3) is 0.250. The molecule has 0 aliphatic carbocycles. The molecule has 5 heteroatoms. The van der Waals surface area contributed by atoms with E-state index in [4.69, 9.17) is 9.47 Å². The number of methoxy groups -OCH3 is 2. The maximum absolute atomic E-state index is 13.0.